The lowest BCUT2D eigenvalue weighted by molar-refractivity contribution is 0.160. The molecule has 0 saturated heterocycles. The molecule has 0 aliphatic heterocycles. The van der Waals surface area contributed by atoms with Crippen LogP contribution in [0.15, 0.2) is 24.8 Å². The molecule has 0 aliphatic rings. The van der Waals surface area contributed by atoms with Crippen molar-refractivity contribution in [2.24, 2.45) is 0 Å². The smallest absolute Gasteiger partial charge is 0.0647 e. The van der Waals surface area contributed by atoms with Gasteiger partial charge in [-0.1, -0.05) is 18.2 Å². The van der Waals surface area contributed by atoms with Gasteiger partial charge >= 0.3 is 0 Å². The first-order valence-electron chi connectivity index (χ1n) is 3.86. The standard InChI is InChI=1S/C9H16OS/c1-2-3-4-7-10-8-5-6-9-11/h2,5-6,11H,1,3-4,7-9H2. The van der Waals surface area contributed by atoms with E-state index >= 15 is 0 Å². The third-order valence-electron chi connectivity index (χ3n) is 1.18. The second-order valence-corrected chi connectivity index (χ2v) is 2.52. The van der Waals surface area contributed by atoms with Crippen LogP contribution in [0, 0.1) is 0 Å². The van der Waals surface area contributed by atoms with Crippen molar-refractivity contribution < 1.29 is 4.74 Å². The van der Waals surface area contributed by atoms with Crippen molar-refractivity contribution in [1.82, 2.24) is 0 Å². The highest BCUT2D eigenvalue weighted by atomic mass is 32.1. The number of rotatable bonds is 7. The molecule has 0 atom stereocenters. The minimum absolute atomic E-state index is 0.706. The van der Waals surface area contributed by atoms with Gasteiger partial charge in [0.2, 0.25) is 0 Å². The van der Waals surface area contributed by atoms with Gasteiger partial charge in [-0.15, -0.1) is 6.58 Å². The SMILES string of the molecule is C=CCCCOCC=CCS. The highest BCUT2D eigenvalue weighted by molar-refractivity contribution is 7.80. The van der Waals surface area contributed by atoms with Crippen LogP contribution in [0.2, 0.25) is 0 Å². The van der Waals surface area contributed by atoms with Crippen molar-refractivity contribution in [1.29, 1.82) is 0 Å². The van der Waals surface area contributed by atoms with Crippen molar-refractivity contribution in [2.75, 3.05) is 19.0 Å². The summed E-state index contributed by atoms with van der Waals surface area (Å²) in [5.41, 5.74) is 0. The van der Waals surface area contributed by atoms with E-state index in [4.69, 9.17) is 4.74 Å². The van der Waals surface area contributed by atoms with E-state index in [1.807, 2.05) is 18.2 Å². The topological polar surface area (TPSA) is 9.23 Å². The Balaban J connectivity index is 2.90. The van der Waals surface area contributed by atoms with Crippen LogP contribution in [-0.2, 0) is 4.74 Å². The van der Waals surface area contributed by atoms with E-state index in [-0.39, 0.29) is 0 Å². The lowest BCUT2D eigenvalue weighted by Gasteiger charge is -1.97. The number of unbranched alkanes of at least 4 members (excludes halogenated alkanes) is 1. The molecular formula is C9H16OS. The Hall–Kier alpha value is -0.210. The predicted octanol–water partition coefficient (Wildman–Crippen LogP) is 2.46. The van der Waals surface area contributed by atoms with Gasteiger partial charge in [-0.05, 0) is 12.8 Å². The van der Waals surface area contributed by atoms with Crippen LogP contribution in [0.5, 0.6) is 0 Å². The summed E-state index contributed by atoms with van der Waals surface area (Å²) in [6, 6.07) is 0. The van der Waals surface area contributed by atoms with Crippen LogP contribution in [0.1, 0.15) is 12.8 Å². The first-order valence-corrected chi connectivity index (χ1v) is 4.49. The van der Waals surface area contributed by atoms with Crippen LogP contribution in [0.4, 0.5) is 0 Å². The highest BCUT2D eigenvalue weighted by Gasteiger charge is 1.82. The Morgan fingerprint density at radius 3 is 2.82 bits per heavy atom. The summed E-state index contributed by atoms with van der Waals surface area (Å²) in [6.45, 7) is 5.16. The Labute approximate surface area is 74.5 Å². The molecule has 0 aliphatic carbocycles. The first kappa shape index (κ1) is 10.8. The summed E-state index contributed by atoms with van der Waals surface area (Å²) in [7, 11) is 0. The van der Waals surface area contributed by atoms with Crippen LogP contribution >= 0.6 is 12.6 Å². The number of hydrogen-bond donors (Lipinski definition) is 1. The largest absolute Gasteiger partial charge is 0.377 e. The molecule has 0 aromatic rings. The molecule has 0 heterocycles. The molecule has 2 heteroatoms. The molecule has 0 rings (SSSR count). The van der Waals surface area contributed by atoms with Crippen molar-refractivity contribution in [3.63, 3.8) is 0 Å². The van der Waals surface area contributed by atoms with Crippen molar-refractivity contribution in [3.05, 3.63) is 24.8 Å². The zero-order chi connectivity index (χ0) is 8.36. The summed E-state index contributed by atoms with van der Waals surface area (Å²) in [5, 5.41) is 0. The molecule has 0 unspecified atom stereocenters. The average Bonchev–Trinajstić information content (AvgIpc) is 2.03. The molecule has 0 fully saturated rings. The molecule has 0 saturated carbocycles. The molecule has 0 aromatic carbocycles. The van der Waals surface area contributed by atoms with Gasteiger partial charge in [0.05, 0.1) is 6.61 Å². The minimum atomic E-state index is 0.706. The van der Waals surface area contributed by atoms with Gasteiger partial charge in [-0.25, -0.2) is 0 Å². The first-order chi connectivity index (χ1) is 5.41. The lowest BCUT2D eigenvalue weighted by Crippen LogP contribution is -1.93. The zero-order valence-corrected chi connectivity index (χ0v) is 7.72. The van der Waals surface area contributed by atoms with Crippen LogP contribution in [0.3, 0.4) is 0 Å². The van der Waals surface area contributed by atoms with E-state index < -0.39 is 0 Å². The molecule has 0 bridgehead atoms. The molecule has 11 heavy (non-hydrogen) atoms. The minimum Gasteiger partial charge on any atom is -0.377 e. The molecule has 1 nitrogen and oxygen atoms in total. The van der Waals surface area contributed by atoms with E-state index in [9.17, 15) is 0 Å². The highest BCUT2D eigenvalue weighted by Crippen LogP contribution is 1.90. The Morgan fingerprint density at radius 1 is 1.36 bits per heavy atom. The maximum absolute atomic E-state index is 5.27. The monoisotopic (exact) mass is 172 g/mol. The maximum Gasteiger partial charge on any atom is 0.0647 e. The van der Waals surface area contributed by atoms with E-state index in [0.717, 1.165) is 25.2 Å². The summed E-state index contributed by atoms with van der Waals surface area (Å²) in [5.74, 6) is 0.788. The van der Waals surface area contributed by atoms with Crippen molar-refractivity contribution >= 4 is 12.6 Å². The van der Waals surface area contributed by atoms with Gasteiger partial charge in [0.25, 0.3) is 0 Å². The number of hydrogen-bond acceptors (Lipinski definition) is 2. The van der Waals surface area contributed by atoms with Gasteiger partial charge in [0.15, 0.2) is 0 Å². The van der Waals surface area contributed by atoms with E-state index in [1.165, 1.54) is 0 Å². The maximum atomic E-state index is 5.27. The van der Waals surface area contributed by atoms with Crippen LogP contribution in [-0.4, -0.2) is 19.0 Å². The summed E-state index contributed by atoms with van der Waals surface area (Å²) >= 11 is 4.02. The summed E-state index contributed by atoms with van der Waals surface area (Å²) in [4.78, 5) is 0. The van der Waals surface area contributed by atoms with Gasteiger partial charge in [0, 0.05) is 12.4 Å². The number of allylic oxidation sites excluding steroid dienone is 1. The fraction of sp³-hybridized carbons (Fsp3) is 0.556. The molecule has 0 aromatic heterocycles. The van der Waals surface area contributed by atoms with E-state index in [2.05, 4.69) is 19.2 Å². The van der Waals surface area contributed by atoms with E-state index in [1.54, 1.807) is 0 Å². The number of thiol groups is 1. The molecule has 0 spiro atoms. The molecule has 0 amide bonds. The summed E-state index contributed by atoms with van der Waals surface area (Å²) < 4.78 is 5.27. The van der Waals surface area contributed by atoms with Crippen LogP contribution < -0.4 is 0 Å². The van der Waals surface area contributed by atoms with Gasteiger partial charge in [-0.3, -0.25) is 0 Å². The van der Waals surface area contributed by atoms with Crippen LogP contribution in [0.25, 0.3) is 0 Å². The predicted molar refractivity (Wildman–Crippen MR) is 53.2 cm³/mol. The van der Waals surface area contributed by atoms with Crippen molar-refractivity contribution in [2.45, 2.75) is 12.8 Å². The van der Waals surface area contributed by atoms with E-state index in [0.29, 0.717) is 6.61 Å². The average molecular weight is 172 g/mol. The summed E-state index contributed by atoms with van der Waals surface area (Å²) in [6.07, 6.45) is 7.99. The second-order valence-electron chi connectivity index (χ2n) is 2.16. The molecule has 0 N–H and O–H groups in total. The number of ether oxygens (including phenoxy) is 1. The Kier molecular flexibility index (Phi) is 9.60. The fourth-order valence-electron chi connectivity index (χ4n) is 0.624. The third kappa shape index (κ3) is 9.79. The zero-order valence-electron chi connectivity index (χ0n) is 6.83. The Morgan fingerprint density at radius 2 is 2.18 bits per heavy atom. The normalized spacial score (nSPS) is 10.6. The fourth-order valence-corrected chi connectivity index (χ4v) is 0.773. The van der Waals surface area contributed by atoms with Gasteiger partial charge in [-0.2, -0.15) is 12.6 Å². The third-order valence-corrected chi connectivity index (χ3v) is 1.39. The Bertz CT molecular complexity index is 110. The molecule has 64 valence electrons. The molecular weight excluding hydrogens is 156 g/mol. The van der Waals surface area contributed by atoms with Crippen molar-refractivity contribution in [3.8, 4) is 0 Å². The quantitative estimate of drug-likeness (QED) is 0.352. The van der Waals surface area contributed by atoms with Gasteiger partial charge < -0.3 is 4.74 Å². The second kappa shape index (κ2) is 9.79. The molecule has 0 radical (unpaired) electrons. The lowest BCUT2D eigenvalue weighted by atomic mass is 10.3. The van der Waals surface area contributed by atoms with Gasteiger partial charge in [0.1, 0.15) is 0 Å².